The summed E-state index contributed by atoms with van der Waals surface area (Å²) >= 11 is 0. The quantitative estimate of drug-likeness (QED) is 0.882. The number of likely N-dealkylation sites (N-methyl/N-ethyl adjacent to an activating group) is 1. The van der Waals surface area contributed by atoms with Gasteiger partial charge in [-0.1, -0.05) is 58.0 Å². The van der Waals surface area contributed by atoms with Crippen molar-refractivity contribution in [3.63, 3.8) is 0 Å². The first kappa shape index (κ1) is 16.5. The van der Waals surface area contributed by atoms with Crippen LogP contribution in [0.2, 0.25) is 0 Å². The van der Waals surface area contributed by atoms with Gasteiger partial charge in [0.15, 0.2) is 0 Å². The van der Waals surface area contributed by atoms with Crippen LogP contribution < -0.4 is 5.32 Å². The van der Waals surface area contributed by atoms with Gasteiger partial charge in [-0.3, -0.25) is 4.90 Å². The zero-order chi connectivity index (χ0) is 15.4. The van der Waals surface area contributed by atoms with Crippen molar-refractivity contribution in [2.24, 2.45) is 17.8 Å². The summed E-state index contributed by atoms with van der Waals surface area (Å²) in [7, 11) is 2.10. The molecule has 4 atom stereocenters. The topological polar surface area (TPSA) is 15.3 Å². The number of nitrogens with zero attached hydrogens (tertiary/aromatic N) is 1. The number of likely N-dealkylation sites (tertiary alicyclic amines) is 1. The van der Waals surface area contributed by atoms with Crippen molar-refractivity contribution in [3.8, 4) is 0 Å². The first-order chi connectivity index (χ1) is 10.0. The zero-order valence-corrected chi connectivity index (χ0v) is 14.3. The van der Waals surface area contributed by atoms with Crippen LogP contribution in [0, 0.1) is 17.8 Å². The minimum Gasteiger partial charge on any atom is -0.312 e. The first-order valence-corrected chi connectivity index (χ1v) is 8.49. The molecular formula is C19H32N2. The van der Waals surface area contributed by atoms with Crippen LogP contribution in [0.15, 0.2) is 30.3 Å². The number of hydrogen-bond donors (Lipinski definition) is 1. The molecule has 1 aromatic rings. The largest absolute Gasteiger partial charge is 0.312 e. The molecule has 0 amide bonds. The van der Waals surface area contributed by atoms with E-state index in [2.05, 4.69) is 75.3 Å². The van der Waals surface area contributed by atoms with E-state index in [1.54, 1.807) is 0 Å². The number of hydrogen-bond acceptors (Lipinski definition) is 2. The van der Waals surface area contributed by atoms with Crippen LogP contribution >= 0.6 is 0 Å². The Bertz CT molecular complexity index is 405. The van der Waals surface area contributed by atoms with Crippen molar-refractivity contribution in [2.45, 2.75) is 46.2 Å². The third-order valence-electron chi connectivity index (χ3n) is 4.81. The van der Waals surface area contributed by atoms with Gasteiger partial charge in [0, 0.05) is 25.2 Å². The SMILES string of the molecule is CNC(c1ccccc1)C(C(C)C)N1CC(C)CC(C)C1. The molecule has 1 N–H and O–H groups in total. The van der Waals surface area contributed by atoms with Gasteiger partial charge in [0.25, 0.3) is 0 Å². The van der Waals surface area contributed by atoms with Crippen molar-refractivity contribution < 1.29 is 0 Å². The Hall–Kier alpha value is -0.860. The third kappa shape index (κ3) is 4.08. The summed E-state index contributed by atoms with van der Waals surface area (Å²) in [6.45, 7) is 12.0. The van der Waals surface area contributed by atoms with Gasteiger partial charge in [0.05, 0.1) is 0 Å². The van der Waals surface area contributed by atoms with E-state index in [1.807, 2.05) is 0 Å². The fourth-order valence-corrected chi connectivity index (χ4v) is 4.17. The Kier molecular flexibility index (Phi) is 5.83. The van der Waals surface area contributed by atoms with Crippen LogP contribution in [0.4, 0.5) is 0 Å². The second-order valence-corrected chi connectivity index (χ2v) is 7.31. The molecule has 1 aromatic carbocycles. The van der Waals surface area contributed by atoms with Crippen molar-refractivity contribution in [3.05, 3.63) is 35.9 Å². The third-order valence-corrected chi connectivity index (χ3v) is 4.81. The monoisotopic (exact) mass is 288 g/mol. The minimum absolute atomic E-state index is 0.406. The molecule has 1 fully saturated rings. The van der Waals surface area contributed by atoms with Gasteiger partial charge in [0.1, 0.15) is 0 Å². The molecule has 1 aliphatic rings. The lowest BCUT2D eigenvalue weighted by atomic mass is 9.84. The van der Waals surface area contributed by atoms with Gasteiger partial charge in [-0.2, -0.15) is 0 Å². The normalized spacial score (nSPS) is 26.8. The van der Waals surface area contributed by atoms with E-state index in [0.717, 1.165) is 11.8 Å². The molecule has 1 saturated heterocycles. The molecule has 0 saturated carbocycles. The summed E-state index contributed by atoms with van der Waals surface area (Å²) in [6.07, 6.45) is 1.37. The van der Waals surface area contributed by atoms with E-state index in [1.165, 1.54) is 25.1 Å². The number of benzene rings is 1. The van der Waals surface area contributed by atoms with E-state index >= 15 is 0 Å². The maximum Gasteiger partial charge on any atom is 0.0478 e. The molecule has 1 heterocycles. The number of piperidine rings is 1. The molecule has 0 aromatic heterocycles. The van der Waals surface area contributed by atoms with E-state index in [4.69, 9.17) is 0 Å². The summed E-state index contributed by atoms with van der Waals surface area (Å²) in [5, 5.41) is 3.59. The Morgan fingerprint density at radius 1 is 1.05 bits per heavy atom. The van der Waals surface area contributed by atoms with E-state index in [-0.39, 0.29) is 0 Å². The maximum atomic E-state index is 3.59. The average Bonchev–Trinajstić information content (AvgIpc) is 2.43. The highest BCUT2D eigenvalue weighted by Crippen LogP contribution is 2.31. The zero-order valence-electron chi connectivity index (χ0n) is 14.3. The van der Waals surface area contributed by atoms with E-state index in [0.29, 0.717) is 18.0 Å². The molecule has 118 valence electrons. The summed E-state index contributed by atoms with van der Waals surface area (Å²) in [6, 6.07) is 11.9. The van der Waals surface area contributed by atoms with Crippen molar-refractivity contribution in [1.29, 1.82) is 0 Å². The molecule has 2 rings (SSSR count). The molecule has 0 aliphatic carbocycles. The van der Waals surface area contributed by atoms with Gasteiger partial charge in [-0.25, -0.2) is 0 Å². The van der Waals surface area contributed by atoms with Gasteiger partial charge in [0.2, 0.25) is 0 Å². The lowest BCUT2D eigenvalue weighted by Crippen LogP contribution is -2.52. The van der Waals surface area contributed by atoms with Crippen LogP contribution in [0.25, 0.3) is 0 Å². The van der Waals surface area contributed by atoms with Crippen LogP contribution in [0.1, 0.15) is 45.7 Å². The van der Waals surface area contributed by atoms with Crippen LogP contribution in [0.5, 0.6) is 0 Å². The van der Waals surface area contributed by atoms with Crippen molar-refractivity contribution in [2.75, 3.05) is 20.1 Å². The predicted octanol–water partition coefficient (Wildman–Crippen LogP) is 3.95. The molecule has 0 radical (unpaired) electrons. The Morgan fingerprint density at radius 3 is 2.10 bits per heavy atom. The van der Waals surface area contributed by atoms with E-state index in [9.17, 15) is 0 Å². The highest BCUT2D eigenvalue weighted by Gasteiger charge is 2.34. The average molecular weight is 288 g/mol. The predicted molar refractivity (Wildman–Crippen MR) is 91.4 cm³/mol. The molecule has 21 heavy (non-hydrogen) atoms. The number of rotatable bonds is 5. The molecular weight excluding hydrogens is 256 g/mol. The second kappa shape index (κ2) is 7.42. The maximum absolute atomic E-state index is 3.59. The highest BCUT2D eigenvalue weighted by atomic mass is 15.2. The minimum atomic E-state index is 0.406. The van der Waals surface area contributed by atoms with Crippen LogP contribution in [0.3, 0.4) is 0 Å². The molecule has 0 bridgehead atoms. The molecule has 0 spiro atoms. The fourth-order valence-electron chi connectivity index (χ4n) is 4.17. The number of nitrogens with one attached hydrogen (secondary N) is 1. The summed E-state index contributed by atoms with van der Waals surface area (Å²) < 4.78 is 0. The Morgan fingerprint density at radius 2 is 1.62 bits per heavy atom. The molecule has 2 nitrogen and oxygen atoms in total. The van der Waals surface area contributed by atoms with Crippen LogP contribution in [-0.2, 0) is 0 Å². The molecule has 1 aliphatic heterocycles. The molecule has 4 unspecified atom stereocenters. The van der Waals surface area contributed by atoms with Crippen molar-refractivity contribution >= 4 is 0 Å². The lowest BCUT2D eigenvalue weighted by molar-refractivity contribution is 0.0524. The van der Waals surface area contributed by atoms with E-state index < -0.39 is 0 Å². The first-order valence-electron chi connectivity index (χ1n) is 8.49. The highest BCUT2D eigenvalue weighted by molar-refractivity contribution is 5.21. The standard InChI is InChI=1S/C19H32N2/c1-14(2)19(21-12-15(3)11-16(4)13-21)18(20-5)17-9-7-6-8-10-17/h6-10,14-16,18-20H,11-13H2,1-5H3. The Labute approximate surface area is 130 Å². The van der Waals surface area contributed by atoms with Gasteiger partial charge < -0.3 is 5.32 Å². The van der Waals surface area contributed by atoms with Gasteiger partial charge in [-0.15, -0.1) is 0 Å². The molecule has 2 heteroatoms. The van der Waals surface area contributed by atoms with Crippen LogP contribution in [-0.4, -0.2) is 31.1 Å². The fraction of sp³-hybridized carbons (Fsp3) is 0.684. The summed E-state index contributed by atoms with van der Waals surface area (Å²) in [5.41, 5.74) is 1.41. The van der Waals surface area contributed by atoms with Gasteiger partial charge >= 0.3 is 0 Å². The lowest BCUT2D eigenvalue weighted by Gasteiger charge is -2.45. The smallest absolute Gasteiger partial charge is 0.0478 e. The summed E-state index contributed by atoms with van der Waals surface area (Å²) in [5.74, 6) is 2.26. The summed E-state index contributed by atoms with van der Waals surface area (Å²) in [4.78, 5) is 2.73. The van der Waals surface area contributed by atoms with Gasteiger partial charge in [-0.05, 0) is 36.8 Å². The Balaban J connectivity index is 2.24. The van der Waals surface area contributed by atoms with Crippen molar-refractivity contribution in [1.82, 2.24) is 10.2 Å². The second-order valence-electron chi connectivity index (χ2n) is 7.31.